The van der Waals surface area contributed by atoms with E-state index in [1.165, 1.54) is 5.56 Å². The van der Waals surface area contributed by atoms with Crippen molar-refractivity contribution in [3.8, 4) is 23.0 Å². The minimum atomic E-state index is -0.701. The number of halogens is 2. The molecule has 0 aliphatic heterocycles. The molecule has 0 heterocycles. The molecule has 0 amide bonds. The van der Waals surface area contributed by atoms with Crippen molar-refractivity contribution >= 4 is 23.1 Å². The highest BCUT2D eigenvalue weighted by Gasteiger charge is 2.13. The summed E-state index contributed by atoms with van der Waals surface area (Å²) >= 11 is 4.45. The molecular weight excluding hydrogens is 348 g/mol. The first-order chi connectivity index (χ1) is 12.6. The Morgan fingerprint density at radius 1 is 0.808 bits per heavy atom. The normalized spacial score (nSPS) is 9.81. The third-order valence-electron chi connectivity index (χ3n) is 3.78. The van der Waals surface area contributed by atoms with Crippen LogP contribution < -0.4 is 0 Å². The van der Waals surface area contributed by atoms with Crippen molar-refractivity contribution < 1.29 is 8.78 Å². The van der Waals surface area contributed by atoms with Crippen LogP contribution in [0.3, 0.4) is 0 Å². The Bertz CT molecular complexity index is 1030. The van der Waals surface area contributed by atoms with Gasteiger partial charge in [-0.25, -0.2) is 8.78 Å². The van der Waals surface area contributed by atoms with Crippen LogP contribution in [0.25, 0.3) is 11.1 Å². The Balaban J connectivity index is 1.89. The Hall–Kier alpha value is -3.12. The van der Waals surface area contributed by atoms with Gasteiger partial charge in [0.2, 0.25) is 0 Å². The lowest BCUT2D eigenvalue weighted by Gasteiger charge is -2.06. The lowest BCUT2D eigenvalue weighted by molar-refractivity contribution is 0.590. The molecule has 0 N–H and O–H groups in total. The van der Waals surface area contributed by atoms with E-state index < -0.39 is 11.6 Å². The van der Waals surface area contributed by atoms with Gasteiger partial charge in [0, 0.05) is 23.3 Å². The molecule has 0 atom stereocenters. The quantitative estimate of drug-likeness (QED) is 0.306. The van der Waals surface area contributed by atoms with Crippen molar-refractivity contribution in [2.75, 3.05) is 0 Å². The molecule has 0 saturated heterocycles. The first-order valence-corrected chi connectivity index (χ1v) is 8.23. The third kappa shape index (κ3) is 4.10. The molecule has 3 aromatic carbocycles. The minimum absolute atomic E-state index is 0.0966. The molecular formula is C22H13F2NS. The molecule has 26 heavy (non-hydrogen) atoms. The van der Waals surface area contributed by atoms with Crippen LogP contribution >= 0.6 is 12.2 Å². The zero-order valence-electron chi connectivity index (χ0n) is 13.9. The molecule has 126 valence electrons. The van der Waals surface area contributed by atoms with Gasteiger partial charge in [-0.3, -0.25) is 0 Å². The summed E-state index contributed by atoms with van der Waals surface area (Å²) in [5.74, 6) is 4.70. The topological polar surface area (TPSA) is 12.4 Å². The number of isothiocyanates is 1. The summed E-state index contributed by atoms with van der Waals surface area (Å²) in [4.78, 5) is 3.60. The molecule has 4 heteroatoms. The molecule has 0 aliphatic carbocycles. The number of hydrogen-bond acceptors (Lipinski definition) is 2. The second-order valence-electron chi connectivity index (χ2n) is 5.68. The monoisotopic (exact) mass is 361 g/mol. The van der Waals surface area contributed by atoms with Crippen molar-refractivity contribution in [2.24, 2.45) is 4.99 Å². The van der Waals surface area contributed by atoms with Gasteiger partial charge in [-0.2, -0.15) is 4.99 Å². The first-order valence-electron chi connectivity index (χ1n) is 7.83. The zero-order chi connectivity index (χ0) is 18.5. The number of nitrogens with zero attached hydrogens (tertiary/aromatic N) is 1. The van der Waals surface area contributed by atoms with Crippen LogP contribution in [0.4, 0.5) is 14.5 Å². The van der Waals surface area contributed by atoms with Crippen LogP contribution in [0.15, 0.2) is 65.7 Å². The standard InChI is InChI=1S/C22H13F2NS/c1-15-2-4-16(5-3-15)6-7-17-8-10-18(11-9-17)22-20(23)12-19(25-14-26)13-21(22)24/h2-5,8-13H,1H3. The highest BCUT2D eigenvalue weighted by Crippen LogP contribution is 2.30. The number of benzene rings is 3. The van der Waals surface area contributed by atoms with E-state index in [0.29, 0.717) is 5.56 Å². The molecule has 1 nitrogen and oxygen atoms in total. The van der Waals surface area contributed by atoms with E-state index in [4.69, 9.17) is 0 Å². The van der Waals surface area contributed by atoms with Gasteiger partial charge in [-0.05, 0) is 49.0 Å². The van der Waals surface area contributed by atoms with Crippen LogP contribution in [-0.4, -0.2) is 5.16 Å². The van der Waals surface area contributed by atoms with E-state index >= 15 is 0 Å². The van der Waals surface area contributed by atoms with Gasteiger partial charge in [-0.15, -0.1) is 0 Å². The predicted molar refractivity (Wildman–Crippen MR) is 104 cm³/mol. The number of aryl methyl sites for hydroxylation is 1. The summed E-state index contributed by atoms with van der Waals surface area (Å²) in [5, 5.41) is 2.10. The molecule has 3 rings (SSSR count). The maximum atomic E-state index is 14.2. The maximum absolute atomic E-state index is 14.2. The molecule has 0 aromatic heterocycles. The average molecular weight is 361 g/mol. The summed E-state index contributed by atoms with van der Waals surface area (Å²) in [6, 6.07) is 16.9. The smallest absolute Gasteiger partial charge is 0.136 e. The van der Waals surface area contributed by atoms with Crippen LogP contribution in [-0.2, 0) is 0 Å². The number of hydrogen-bond donors (Lipinski definition) is 0. The van der Waals surface area contributed by atoms with Gasteiger partial charge in [0.05, 0.1) is 16.4 Å². The molecule has 0 unspecified atom stereocenters. The predicted octanol–water partition coefficient (Wildman–Crippen LogP) is 6.07. The largest absolute Gasteiger partial charge is 0.206 e. The van der Waals surface area contributed by atoms with E-state index in [0.717, 1.165) is 23.3 Å². The van der Waals surface area contributed by atoms with Gasteiger partial charge in [0.25, 0.3) is 0 Å². The summed E-state index contributed by atoms with van der Waals surface area (Å²) in [6.45, 7) is 2.02. The van der Waals surface area contributed by atoms with E-state index in [9.17, 15) is 8.78 Å². The van der Waals surface area contributed by atoms with Gasteiger partial charge in [-0.1, -0.05) is 41.7 Å². The lowest BCUT2D eigenvalue weighted by Crippen LogP contribution is -1.90. The molecule has 0 fully saturated rings. The van der Waals surface area contributed by atoms with Crippen molar-refractivity contribution in [1.82, 2.24) is 0 Å². The third-order valence-corrected chi connectivity index (χ3v) is 3.87. The fourth-order valence-electron chi connectivity index (χ4n) is 2.45. The summed E-state index contributed by atoms with van der Waals surface area (Å²) in [7, 11) is 0. The molecule has 0 aliphatic rings. The average Bonchev–Trinajstić information content (AvgIpc) is 2.62. The molecule has 0 spiro atoms. The lowest BCUT2D eigenvalue weighted by atomic mass is 10.0. The molecule has 0 saturated carbocycles. The molecule has 0 bridgehead atoms. The summed E-state index contributed by atoms with van der Waals surface area (Å²) in [5.41, 5.74) is 3.26. The van der Waals surface area contributed by atoms with Gasteiger partial charge in [0.15, 0.2) is 0 Å². The van der Waals surface area contributed by atoms with Crippen LogP contribution in [0.1, 0.15) is 16.7 Å². The molecule has 3 aromatic rings. The fraction of sp³-hybridized carbons (Fsp3) is 0.0455. The Morgan fingerprint density at radius 3 is 1.81 bits per heavy atom. The Kier molecular flexibility index (Phi) is 5.34. The van der Waals surface area contributed by atoms with Crippen molar-refractivity contribution in [3.63, 3.8) is 0 Å². The SMILES string of the molecule is Cc1ccc(C#Cc2ccc(-c3c(F)cc(N=C=S)cc3F)cc2)cc1. The second-order valence-corrected chi connectivity index (χ2v) is 5.86. The number of rotatable bonds is 2. The second kappa shape index (κ2) is 7.84. The first kappa shape index (κ1) is 17.7. The number of thiocarbonyl (C=S) groups is 1. The maximum Gasteiger partial charge on any atom is 0.136 e. The van der Waals surface area contributed by atoms with Crippen molar-refractivity contribution in [2.45, 2.75) is 6.92 Å². The summed E-state index contributed by atoms with van der Waals surface area (Å²) in [6.07, 6.45) is 0. The van der Waals surface area contributed by atoms with Crippen molar-refractivity contribution in [1.29, 1.82) is 0 Å². The van der Waals surface area contributed by atoms with Gasteiger partial charge in [0.1, 0.15) is 11.6 Å². The zero-order valence-corrected chi connectivity index (χ0v) is 14.7. The van der Waals surface area contributed by atoms with E-state index in [2.05, 4.69) is 34.2 Å². The highest BCUT2D eigenvalue weighted by molar-refractivity contribution is 7.78. The van der Waals surface area contributed by atoms with E-state index in [1.54, 1.807) is 24.3 Å². The highest BCUT2D eigenvalue weighted by atomic mass is 32.1. The molecule has 0 radical (unpaired) electrons. The number of aliphatic imine (C=N–C) groups is 1. The van der Waals surface area contributed by atoms with Crippen molar-refractivity contribution in [3.05, 3.63) is 89.0 Å². The van der Waals surface area contributed by atoms with Gasteiger partial charge >= 0.3 is 0 Å². The van der Waals surface area contributed by atoms with Crippen LogP contribution in [0.5, 0.6) is 0 Å². The van der Waals surface area contributed by atoms with E-state index in [1.807, 2.05) is 31.2 Å². The fourth-order valence-corrected chi connectivity index (χ4v) is 2.56. The Morgan fingerprint density at radius 2 is 1.31 bits per heavy atom. The van der Waals surface area contributed by atoms with Crippen LogP contribution in [0, 0.1) is 30.4 Å². The van der Waals surface area contributed by atoms with Crippen LogP contribution in [0.2, 0.25) is 0 Å². The van der Waals surface area contributed by atoms with Gasteiger partial charge < -0.3 is 0 Å². The van der Waals surface area contributed by atoms with E-state index in [-0.39, 0.29) is 11.3 Å². The summed E-state index contributed by atoms with van der Waals surface area (Å²) < 4.78 is 28.5. The Labute approximate surface area is 156 Å². The minimum Gasteiger partial charge on any atom is -0.206 e.